The summed E-state index contributed by atoms with van der Waals surface area (Å²) in [7, 11) is 0. The highest BCUT2D eigenvalue weighted by Crippen LogP contribution is 2.50. The van der Waals surface area contributed by atoms with Crippen molar-refractivity contribution in [3.63, 3.8) is 0 Å². The molecule has 0 atom stereocenters. The zero-order valence-corrected chi connectivity index (χ0v) is 10.8. The van der Waals surface area contributed by atoms with E-state index in [1.165, 1.54) is 6.20 Å². The van der Waals surface area contributed by atoms with Gasteiger partial charge in [0, 0.05) is 6.07 Å². The predicted octanol–water partition coefficient (Wildman–Crippen LogP) is 1.90. The zero-order valence-electron chi connectivity index (χ0n) is 9.24. The van der Waals surface area contributed by atoms with Crippen LogP contribution in [-0.2, 0) is 0 Å². The Balaban J connectivity index is 2.30. The maximum absolute atomic E-state index is 10.2. The van der Waals surface area contributed by atoms with Crippen molar-refractivity contribution in [1.82, 2.24) is 10.2 Å². The van der Waals surface area contributed by atoms with E-state index in [4.69, 9.17) is 15.2 Å². The second-order valence-corrected chi connectivity index (χ2v) is 4.66. The number of halogens is 1. The molecule has 18 heavy (non-hydrogen) atoms. The quantitative estimate of drug-likeness (QED) is 0.748. The second-order valence-electron chi connectivity index (χ2n) is 3.80. The number of benzene rings is 1. The van der Waals surface area contributed by atoms with Crippen LogP contribution >= 0.6 is 15.9 Å². The number of phenols is 1. The Labute approximate surface area is 111 Å². The number of hydrogen-bond acceptors (Lipinski definition) is 5. The summed E-state index contributed by atoms with van der Waals surface area (Å²) in [6.07, 6.45) is 1.54. The van der Waals surface area contributed by atoms with Gasteiger partial charge in [0.25, 0.3) is 0 Å². The Morgan fingerprint density at radius 1 is 1.39 bits per heavy atom. The molecule has 4 N–H and O–H groups in total. The van der Waals surface area contributed by atoms with E-state index in [1.54, 1.807) is 6.07 Å². The average molecular weight is 312 g/mol. The van der Waals surface area contributed by atoms with E-state index in [2.05, 4.69) is 26.1 Å². The lowest BCUT2D eigenvalue weighted by Crippen LogP contribution is -2.16. The van der Waals surface area contributed by atoms with Gasteiger partial charge in [-0.1, -0.05) is 0 Å². The molecule has 0 amide bonds. The topological polar surface area (TPSA) is 93.4 Å². The molecule has 0 fully saturated rings. The number of nitrogens with one attached hydrogen (secondary N) is 1. The van der Waals surface area contributed by atoms with Gasteiger partial charge in [0.05, 0.1) is 21.8 Å². The first-order valence-corrected chi connectivity index (χ1v) is 6.08. The molecule has 1 aliphatic rings. The highest BCUT2D eigenvalue weighted by molar-refractivity contribution is 9.10. The molecule has 7 heteroatoms. The van der Waals surface area contributed by atoms with Crippen molar-refractivity contribution < 1.29 is 14.6 Å². The number of H-pyrrole nitrogens is 1. The molecule has 94 valence electrons. The van der Waals surface area contributed by atoms with Gasteiger partial charge in [0.15, 0.2) is 11.5 Å². The number of aromatic amines is 1. The first-order chi connectivity index (χ1) is 8.68. The van der Waals surface area contributed by atoms with E-state index in [1.807, 2.05) is 0 Å². The van der Waals surface area contributed by atoms with E-state index in [-0.39, 0.29) is 5.75 Å². The molecule has 0 saturated heterocycles. The largest absolute Gasteiger partial charge is 0.506 e. The third-order valence-electron chi connectivity index (χ3n) is 2.70. The van der Waals surface area contributed by atoms with Gasteiger partial charge >= 0.3 is 0 Å². The van der Waals surface area contributed by atoms with Crippen LogP contribution in [0.25, 0.3) is 11.1 Å². The SMILES string of the molecule is Nc1[nH]ncc1-c1c(O)c(Br)cc2c1OCCO2. The Hall–Kier alpha value is -1.89. The lowest BCUT2D eigenvalue weighted by atomic mass is 10.1. The number of aromatic nitrogens is 2. The number of nitrogen functional groups attached to an aromatic ring is 1. The van der Waals surface area contributed by atoms with Crippen molar-refractivity contribution in [3.05, 3.63) is 16.7 Å². The van der Waals surface area contributed by atoms with E-state index in [0.717, 1.165) is 0 Å². The lowest BCUT2D eigenvalue weighted by molar-refractivity contribution is 0.171. The molecule has 3 rings (SSSR count). The van der Waals surface area contributed by atoms with Gasteiger partial charge < -0.3 is 20.3 Å². The van der Waals surface area contributed by atoms with E-state index in [9.17, 15) is 5.11 Å². The maximum atomic E-state index is 10.2. The fourth-order valence-electron chi connectivity index (χ4n) is 1.89. The van der Waals surface area contributed by atoms with Crippen LogP contribution in [0.3, 0.4) is 0 Å². The van der Waals surface area contributed by atoms with Crippen molar-refractivity contribution in [2.45, 2.75) is 0 Å². The molecule has 0 radical (unpaired) electrons. The fourth-order valence-corrected chi connectivity index (χ4v) is 2.30. The fraction of sp³-hybridized carbons (Fsp3) is 0.182. The molecule has 0 bridgehead atoms. The molecule has 2 heterocycles. The van der Waals surface area contributed by atoms with Crippen molar-refractivity contribution in [1.29, 1.82) is 0 Å². The van der Waals surface area contributed by atoms with Crippen LogP contribution in [0.15, 0.2) is 16.7 Å². The van der Waals surface area contributed by atoms with Gasteiger partial charge in [-0.05, 0) is 15.9 Å². The summed E-state index contributed by atoms with van der Waals surface area (Å²) in [4.78, 5) is 0. The number of anilines is 1. The molecule has 1 aromatic heterocycles. The number of rotatable bonds is 1. The average Bonchev–Trinajstić information content (AvgIpc) is 2.77. The molecular weight excluding hydrogens is 302 g/mol. The van der Waals surface area contributed by atoms with Gasteiger partial charge in [-0.15, -0.1) is 0 Å². The number of nitrogens with two attached hydrogens (primary N) is 1. The minimum absolute atomic E-state index is 0.0485. The van der Waals surface area contributed by atoms with Crippen molar-refractivity contribution in [2.75, 3.05) is 18.9 Å². The summed E-state index contributed by atoms with van der Waals surface area (Å²) in [5.74, 6) is 1.46. The number of ether oxygens (including phenoxy) is 2. The third-order valence-corrected chi connectivity index (χ3v) is 3.30. The Kier molecular flexibility index (Phi) is 2.55. The number of fused-ring (bicyclic) bond motifs is 1. The monoisotopic (exact) mass is 311 g/mol. The van der Waals surface area contributed by atoms with Gasteiger partial charge in [0.2, 0.25) is 0 Å². The number of phenolic OH excluding ortho intramolecular Hbond substituents is 1. The standard InChI is InChI=1S/C11H10BrN3O3/c12-6-3-7-10(18-2-1-17-7)8(9(6)16)5-4-14-15-11(5)13/h3-4,16H,1-2H2,(H3,13,14,15). The van der Waals surface area contributed by atoms with Crippen molar-refractivity contribution in [3.8, 4) is 28.4 Å². The highest BCUT2D eigenvalue weighted by Gasteiger charge is 2.25. The second kappa shape index (κ2) is 4.09. The van der Waals surface area contributed by atoms with Crippen LogP contribution in [0.1, 0.15) is 0 Å². The van der Waals surface area contributed by atoms with Crippen LogP contribution < -0.4 is 15.2 Å². The summed E-state index contributed by atoms with van der Waals surface area (Å²) < 4.78 is 11.6. The highest BCUT2D eigenvalue weighted by atomic mass is 79.9. The summed E-state index contributed by atoms with van der Waals surface area (Å²) in [5.41, 5.74) is 6.84. The minimum Gasteiger partial charge on any atom is -0.506 e. The number of nitrogens with zero attached hydrogens (tertiary/aromatic N) is 1. The molecular formula is C11H10BrN3O3. The Morgan fingerprint density at radius 2 is 2.17 bits per heavy atom. The van der Waals surface area contributed by atoms with Crippen molar-refractivity contribution >= 4 is 21.7 Å². The molecule has 6 nitrogen and oxygen atoms in total. The van der Waals surface area contributed by atoms with Crippen molar-refractivity contribution in [2.24, 2.45) is 0 Å². The molecule has 1 aliphatic heterocycles. The molecule has 0 aliphatic carbocycles. The number of aromatic hydroxyl groups is 1. The molecule has 2 aromatic rings. The van der Waals surface area contributed by atoms with Gasteiger partial charge in [-0.3, -0.25) is 5.10 Å². The molecule has 0 unspecified atom stereocenters. The van der Waals surface area contributed by atoms with Crippen LogP contribution in [0.5, 0.6) is 17.2 Å². The van der Waals surface area contributed by atoms with Crippen LogP contribution in [0.2, 0.25) is 0 Å². The normalized spacial score (nSPS) is 13.6. The molecule has 0 saturated carbocycles. The van der Waals surface area contributed by atoms with Crippen LogP contribution in [0, 0.1) is 0 Å². The minimum atomic E-state index is 0.0485. The molecule has 0 spiro atoms. The zero-order chi connectivity index (χ0) is 12.7. The van der Waals surface area contributed by atoms with Gasteiger partial charge in [-0.25, -0.2) is 0 Å². The van der Waals surface area contributed by atoms with E-state index in [0.29, 0.717) is 46.1 Å². The maximum Gasteiger partial charge on any atom is 0.173 e. The van der Waals surface area contributed by atoms with Crippen LogP contribution in [-0.4, -0.2) is 28.5 Å². The summed E-state index contributed by atoms with van der Waals surface area (Å²) >= 11 is 3.28. The number of hydrogen-bond donors (Lipinski definition) is 3. The van der Waals surface area contributed by atoms with Gasteiger partial charge in [-0.2, -0.15) is 5.10 Å². The third kappa shape index (κ3) is 1.59. The summed E-state index contributed by atoms with van der Waals surface area (Å²) in [6, 6.07) is 1.67. The smallest absolute Gasteiger partial charge is 0.173 e. The summed E-state index contributed by atoms with van der Waals surface area (Å²) in [5, 5.41) is 16.6. The molecule has 1 aromatic carbocycles. The van der Waals surface area contributed by atoms with E-state index >= 15 is 0 Å². The summed E-state index contributed by atoms with van der Waals surface area (Å²) in [6.45, 7) is 0.906. The van der Waals surface area contributed by atoms with E-state index < -0.39 is 0 Å². The Bertz CT molecular complexity index is 612. The lowest BCUT2D eigenvalue weighted by Gasteiger charge is -2.22. The first-order valence-electron chi connectivity index (χ1n) is 5.28. The Morgan fingerprint density at radius 3 is 2.89 bits per heavy atom. The van der Waals surface area contributed by atoms with Gasteiger partial charge in [0.1, 0.15) is 24.8 Å². The van der Waals surface area contributed by atoms with Crippen LogP contribution in [0.4, 0.5) is 5.82 Å². The predicted molar refractivity (Wildman–Crippen MR) is 68.8 cm³/mol. The first kappa shape index (κ1) is 11.2.